The zero-order valence-corrected chi connectivity index (χ0v) is 13.0. The van der Waals surface area contributed by atoms with Gasteiger partial charge >= 0.3 is 0 Å². The summed E-state index contributed by atoms with van der Waals surface area (Å²) >= 11 is 0. The fourth-order valence-electron chi connectivity index (χ4n) is 2.04. The van der Waals surface area contributed by atoms with Crippen LogP contribution in [-0.4, -0.2) is 18.4 Å². The van der Waals surface area contributed by atoms with Crippen LogP contribution in [0.15, 0.2) is 47.4 Å². The Morgan fingerprint density at radius 3 is 2.57 bits per heavy atom. The smallest absolute Gasteiger partial charge is 0.123 e. The molecule has 0 saturated heterocycles. The monoisotopic (exact) mass is 305 g/mol. The van der Waals surface area contributed by atoms with Gasteiger partial charge < -0.3 is 15.2 Å². The molecule has 21 heavy (non-hydrogen) atoms. The Morgan fingerprint density at radius 2 is 1.90 bits per heavy atom. The Labute approximate surface area is 127 Å². The highest BCUT2D eigenvalue weighted by molar-refractivity contribution is 7.84. The van der Waals surface area contributed by atoms with Crippen molar-refractivity contribution in [3.8, 4) is 11.5 Å². The number of methoxy groups -OCH3 is 2. The minimum atomic E-state index is -1.17. The summed E-state index contributed by atoms with van der Waals surface area (Å²) in [4.78, 5) is 0.731. The molecule has 2 N–H and O–H groups in total. The minimum Gasteiger partial charge on any atom is -0.497 e. The molecule has 5 heteroatoms. The Kier molecular flexibility index (Phi) is 5.36. The zero-order valence-electron chi connectivity index (χ0n) is 12.2. The average Bonchev–Trinajstić information content (AvgIpc) is 2.54. The van der Waals surface area contributed by atoms with Gasteiger partial charge in [0.1, 0.15) is 11.5 Å². The Balaban J connectivity index is 2.25. The van der Waals surface area contributed by atoms with Crippen LogP contribution in [-0.2, 0) is 23.1 Å². The number of hydrogen-bond donors (Lipinski definition) is 1. The molecule has 2 aromatic carbocycles. The third-order valence-corrected chi connectivity index (χ3v) is 4.52. The van der Waals surface area contributed by atoms with Crippen molar-refractivity contribution in [2.24, 2.45) is 5.73 Å². The SMILES string of the molecule is COc1cccc(S(=O)Cc2cc(CN)ccc2OC)c1. The summed E-state index contributed by atoms with van der Waals surface area (Å²) in [5, 5.41) is 0. The standard InChI is InChI=1S/C16H19NO3S/c1-19-14-4-3-5-15(9-14)21(18)11-13-8-12(10-17)6-7-16(13)20-2/h3-9H,10-11,17H2,1-2H3. The van der Waals surface area contributed by atoms with Crippen LogP contribution in [0.1, 0.15) is 11.1 Å². The highest BCUT2D eigenvalue weighted by Crippen LogP contribution is 2.24. The van der Waals surface area contributed by atoms with Crippen molar-refractivity contribution < 1.29 is 13.7 Å². The van der Waals surface area contributed by atoms with E-state index < -0.39 is 10.8 Å². The van der Waals surface area contributed by atoms with E-state index in [4.69, 9.17) is 15.2 Å². The lowest BCUT2D eigenvalue weighted by atomic mass is 10.1. The maximum absolute atomic E-state index is 12.5. The van der Waals surface area contributed by atoms with Crippen LogP contribution in [0.25, 0.3) is 0 Å². The Hall–Kier alpha value is -1.85. The van der Waals surface area contributed by atoms with E-state index in [-0.39, 0.29) is 0 Å². The molecule has 0 saturated carbocycles. The Morgan fingerprint density at radius 1 is 1.10 bits per heavy atom. The molecule has 0 aromatic heterocycles. The molecule has 0 aliphatic rings. The summed E-state index contributed by atoms with van der Waals surface area (Å²) in [5.74, 6) is 1.80. The number of benzene rings is 2. The van der Waals surface area contributed by atoms with Gasteiger partial charge in [0.05, 0.1) is 30.8 Å². The fraction of sp³-hybridized carbons (Fsp3) is 0.250. The van der Waals surface area contributed by atoms with Crippen molar-refractivity contribution >= 4 is 10.8 Å². The van der Waals surface area contributed by atoms with Crippen LogP contribution in [0.3, 0.4) is 0 Å². The second-order valence-electron chi connectivity index (χ2n) is 4.52. The van der Waals surface area contributed by atoms with Gasteiger partial charge in [-0.25, -0.2) is 0 Å². The quantitative estimate of drug-likeness (QED) is 0.890. The van der Waals surface area contributed by atoms with Crippen LogP contribution in [0.2, 0.25) is 0 Å². The first-order valence-corrected chi connectivity index (χ1v) is 7.88. The Bertz CT molecular complexity index is 643. The van der Waals surface area contributed by atoms with Crippen molar-refractivity contribution in [3.63, 3.8) is 0 Å². The van der Waals surface area contributed by atoms with Crippen LogP contribution < -0.4 is 15.2 Å². The molecule has 0 heterocycles. The molecule has 1 unspecified atom stereocenters. The molecule has 112 valence electrons. The molecule has 0 fully saturated rings. The van der Waals surface area contributed by atoms with Crippen LogP contribution in [0.4, 0.5) is 0 Å². The summed E-state index contributed by atoms with van der Waals surface area (Å²) < 4.78 is 23.0. The average molecular weight is 305 g/mol. The van der Waals surface area contributed by atoms with E-state index in [9.17, 15) is 4.21 Å². The summed E-state index contributed by atoms with van der Waals surface area (Å²) in [5.41, 5.74) is 7.54. The molecule has 0 aliphatic carbocycles. The molecule has 2 aromatic rings. The first-order valence-electron chi connectivity index (χ1n) is 6.56. The van der Waals surface area contributed by atoms with Gasteiger partial charge in [0, 0.05) is 17.0 Å². The molecule has 0 bridgehead atoms. The van der Waals surface area contributed by atoms with Crippen molar-refractivity contribution in [1.29, 1.82) is 0 Å². The van der Waals surface area contributed by atoms with E-state index >= 15 is 0 Å². The first-order chi connectivity index (χ1) is 10.2. The van der Waals surface area contributed by atoms with Crippen LogP contribution in [0.5, 0.6) is 11.5 Å². The predicted molar refractivity (Wildman–Crippen MR) is 84.0 cm³/mol. The maximum Gasteiger partial charge on any atom is 0.123 e. The van der Waals surface area contributed by atoms with Gasteiger partial charge in [-0.3, -0.25) is 4.21 Å². The number of nitrogens with two attached hydrogens (primary N) is 1. The van der Waals surface area contributed by atoms with Gasteiger partial charge in [0.15, 0.2) is 0 Å². The van der Waals surface area contributed by atoms with Gasteiger partial charge in [0.25, 0.3) is 0 Å². The van der Waals surface area contributed by atoms with E-state index in [1.807, 2.05) is 36.4 Å². The number of hydrogen-bond acceptors (Lipinski definition) is 4. The predicted octanol–water partition coefficient (Wildman–Crippen LogP) is 2.47. The van der Waals surface area contributed by atoms with Crippen molar-refractivity contribution in [1.82, 2.24) is 0 Å². The first kappa shape index (κ1) is 15.5. The molecule has 4 nitrogen and oxygen atoms in total. The second kappa shape index (κ2) is 7.24. The number of rotatable bonds is 6. The summed E-state index contributed by atoms with van der Waals surface area (Å²) in [6, 6.07) is 13.0. The highest BCUT2D eigenvalue weighted by atomic mass is 32.2. The minimum absolute atomic E-state index is 0.379. The lowest BCUT2D eigenvalue weighted by molar-refractivity contribution is 0.411. The molecule has 2 rings (SSSR count). The van der Waals surface area contributed by atoms with Gasteiger partial charge in [-0.05, 0) is 35.9 Å². The topological polar surface area (TPSA) is 61.5 Å². The third-order valence-electron chi connectivity index (χ3n) is 3.17. The van der Waals surface area contributed by atoms with Gasteiger partial charge in [0.2, 0.25) is 0 Å². The van der Waals surface area contributed by atoms with Crippen LogP contribution in [0, 0.1) is 0 Å². The number of ether oxygens (including phenoxy) is 2. The third kappa shape index (κ3) is 3.83. The van der Waals surface area contributed by atoms with Gasteiger partial charge in [-0.1, -0.05) is 12.1 Å². The van der Waals surface area contributed by atoms with E-state index in [2.05, 4.69) is 0 Å². The maximum atomic E-state index is 12.5. The second-order valence-corrected chi connectivity index (χ2v) is 5.97. The molecule has 0 radical (unpaired) electrons. The van der Waals surface area contributed by atoms with Crippen molar-refractivity contribution in [3.05, 3.63) is 53.6 Å². The molecule has 1 atom stereocenters. The zero-order chi connectivity index (χ0) is 15.2. The van der Waals surface area contributed by atoms with Crippen molar-refractivity contribution in [2.75, 3.05) is 14.2 Å². The van der Waals surface area contributed by atoms with E-state index in [0.29, 0.717) is 18.0 Å². The van der Waals surface area contributed by atoms with Gasteiger partial charge in [-0.15, -0.1) is 0 Å². The van der Waals surface area contributed by atoms with Crippen molar-refractivity contribution in [2.45, 2.75) is 17.2 Å². The largest absolute Gasteiger partial charge is 0.497 e. The lowest BCUT2D eigenvalue weighted by Crippen LogP contribution is -2.03. The molecular weight excluding hydrogens is 286 g/mol. The molecule has 0 amide bonds. The van der Waals surface area contributed by atoms with E-state index in [1.54, 1.807) is 20.3 Å². The normalized spacial score (nSPS) is 12.0. The molecule has 0 aliphatic heterocycles. The van der Waals surface area contributed by atoms with Crippen LogP contribution >= 0.6 is 0 Å². The molecule has 0 spiro atoms. The fourth-order valence-corrected chi connectivity index (χ4v) is 3.19. The van der Waals surface area contributed by atoms with Gasteiger partial charge in [-0.2, -0.15) is 0 Å². The van der Waals surface area contributed by atoms with E-state index in [0.717, 1.165) is 21.8 Å². The van der Waals surface area contributed by atoms with E-state index in [1.165, 1.54) is 0 Å². The summed E-state index contributed by atoms with van der Waals surface area (Å²) in [7, 11) is 2.03. The lowest BCUT2D eigenvalue weighted by Gasteiger charge is -2.10. The summed E-state index contributed by atoms with van der Waals surface area (Å²) in [6.45, 7) is 0.447. The highest BCUT2D eigenvalue weighted by Gasteiger charge is 2.11. The molecular formula is C16H19NO3S. The summed E-state index contributed by atoms with van der Waals surface area (Å²) in [6.07, 6.45) is 0.